The van der Waals surface area contributed by atoms with Gasteiger partial charge in [-0.05, 0) is 18.6 Å². The molecule has 1 amide bonds. The molecule has 7 heteroatoms. The van der Waals surface area contributed by atoms with Crippen molar-refractivity contribution in [2.45, 2.75) is 6.42 Å². The Morgan fingerprint density at radius 2 is 2.00 bits per heavy atom. The Morgan fingerprint density at radius 3 is 2.55 bits per heavy atom. The van der Waals surface area contributed by atoms with Gasteiger partial charge >= 0.3 is 0 Å². The van der Waals surface area contributed by atoms with E-state index in [9.17, 15) is 14.9 Å². The second kappa shape index (κ2) is 8.11. The molecular formula is C13H18N2O5. The topological polar surface area (TPSA) is 81.9 Å². The first kappa shape index (κ1) is 15.9. The van der Waals surface area contributed by atoms with E-state index in [2.05, 4.69) is 0 Å². The highest BCUT2D eigenvalue weighted by atomic mass is 16.6. The lowest BCUT2D eigenvalue weighted by molar-refractivity contribution is -0.384. The SMILES string of the molecule is COCCCN(C)C(=O)COc1ccc([N+](=O)[O-])cc1. The summed E-state index contributed by atoms with van der Waals surface area (Å²) in [6, 6.07) is 5.61. The molecule has 0 unspecified atom stereocenters. The molecule has 0 N–H and O–H groups in total. The minimum Gasteiger partial charge on any atom is -0.484 e. The molecule has 0 radical (unpaired) electrons. The fourth-order valence-electron chi connectivity index (χ4n) is 1.49. The molecule has 0 fully saturated rings. The van der Waals surface area contributed by atoms with Gasteiger partial charge in [-0.2, -0.15) is 0 Å². The Kier molecular flexibility index (Phi) is 6.45. The zero-order valence-electron chi connectivity index (χ0n) is 11.6. The fraction of sp³-hybridized carbons (Fsp3) is 0.462. The monoisotopic (exact) mass is 282 g/mol. The molecule has 0 bridgehead atoms. The standard InChI is InChI=1S/C13H18N2O5/c1-14(8-3-9-19-2)13(16)10-20-12-6-4-11(5-7-12)15(17)18/h4-7H,3,8-10H2,1-2H3. The van der Waals surface area contributed by atoms with Gasteiger partial charge in [-0.3, -0.25) is 14.9 Å². The molecule has 0 aliphatic rings. The van der Waals surface area contributed by atoms with E-state index in [0.717, 1.165) is 6.42 Å². The van der Waals surface area contributed by atoms with Crippen molar-refractivity contribution in [3.05, 3.63) is 34.4 Å². The summed E-state index contributed by atoms with van der Waals surface area (Å²) in [5.74, 6) is 0.272. The predicted octanol–water partition coefficient (Wildman–Crippen LogP) is 1.47. The fourth-order valence-corrected chi connectivity index (χ4v) is 1.49. The van der Waals surface area contributed by atoms with Gasteiger partial charge in [0.25, 0.3) is 11.6 Å². The van der Waals surface area contributed by atoms with Gasteiger partial charge in [-0.15, -0.1) is 0 Å². The molecule has 1 aromatic carbocycles. The van der Waals surface area contributed by atoms with Crippen molar-refractivity contribution in [1.29, 1.82) is 0 Å². The van der Waals surface area contributed by atoms with E-state index in [0.29, 0.717) is 18.9 Å². The van der Waals surface area contributed by atoms with Crippen molar-refractivity contribution < 1.29 is 19.2 Å². The van der Waals surface area contributed by atoms with Crippen LogP contribution in [0.1, 0.15) is 6.42 Å². The number of non-ortho nitro benzene ring substituents is 1. The van der Waals surface area contributed by atoms with Crippen LogP contribution in [-0.4, -0.2) is 49.6 Å². The highest BCUT2D eigenvalue weighted by molar-refractivity contribution is 5.77. The summed E-state index contributed by atoms with van der Waals surface area (Å²) in [5.41, 5.74) is -0.0136. The number of hydrogen-bond acceptors (Lipinski definition) is 5. The molecule has 110 valence electrons. The lowest BCUT2D eigenvalue weighted by atomic mass is 10.3. The van der Waals surface area contributed by atoms with E-state index in [1.165, 1.54) is 24.3 Å². The Morgan fingerprint density at radius 1 is 1.35 bits per heavy atom. The number of amides is 1. The summed E-state index contributed by atoms with van der Waals surface area (Å²) < 4.78 is 10.2. The lowest BCUT2D eigenvalue weighted by Crippen LogP contribution is -2.32. The third-order valence-corrected chi connectivity index (χ3v) is 2.68. The van der Waals surface area contributed by atoms with Crippen LogP contribution in [0.25, 0.3) is 0 Å². The van der Waals surface area contributed by atoms with Crippen LogP contribution in [0.4, 0.5) is 5.69 Å². The molecule has 0 aromatic heterocycles. The highest BCUT2D eigenvalue weighted by Gasteiger charge is 2.10. The van der Waals surface area contributed by atoms with Crippen molar-refractivity contribution in [2.24, 2.45) is 0 Å². The van der Waals surface area contributed by atoms with Crippen molar-refractivity contribution in [3.63, 3.8) is 0 Å². The Hall–Kier alpha value is -2.15. The van der Waals surface area contributed by atoms with E-state index < -0.39 is 4.92 Å². The average molecular weight is 282 g/mol. The zero-order valence-corrected chi connectivity index (χ0v) is 11.6. The summed E-state index contributed by atoms with van der Waals surface area (Å²) >= 11 is 0. The molecule has 0 saturated heterocycles. The second-order valence-electron chi connectivity index (χ2n) is 4.20. The molecule has 0 spiro atoms. The molecular weight excluding hydrogens is 264 g/mol. The number of likely N-dealkylation sites (N-methyl/N-ethyl adjacent to an activating group) is 1. The first-order chi connectivity index (χ1) is 9.54. The van der Waals surface area contributed by atoms with Crippen molar-refractivity contribution in [3.8, 4) is 5.75 Å². The normalized spacial score (nSPS) is 10.1. The average Bonchev–Trinajstić information content (AvgIpc) is 2.45. The Bertz CT molecular complexity index is 447. The number of carbonyl (C=O) groups excluding carboxylic acids is 1. The van der Waals surface area contributed by atoms with Crippen LogP contribution < -0.4 is 4.74 Å². The summed E-state index contributed by atoms with van der Waals surface area (Å²) in [4.78, 5) is 23.3. The number of ether oxygens (including phenoxy) is 2. The first-order valence-corrected chi connectivity index (χ1v) is 6.14. The minimum absolute atomic E-state index is 0.0136. The second-order valence-corrected chi connectivity index (χ2v) is 4.20. The van der Waals surface area contributed by atoms with Crippen LogP contribution in [0.5, 0.6) is 5.75 Å². The number of carbonyl (C=O) groups is 1. The molecule has 0 aliphatic heterocycles. The molecule has 0 heterocycles. The molecule has 1 aromatic rings. The maximum atomic E-state index is 11.7. The van der Waals surface area contributed by atoms with E-state index in [-0.39, 0.29) is 18.2 Å². The zero-order chi connectivity index (χ0) is 15.0. The number of rotatable bonds is 8. The molecule has 7 nitrogen and oxygen atoms in total. The number of nitrogens with zero attached hydrogens (tertiary/aromatic N) is 2. The van der Waals surface area contributed by atoms with Crippen molar-refractivity contribution in [2.75, 3.05) is 33.9 Å². The maximum Gasteiger partial charge on any atom is 0.269 e. The number of hydrogen-bond donors (Lipinski definition) is 0. The van der Waals surface area contributed by atoms with E-state index in [1.54, 1.807) is 19.1 Å². The van der Waals surface area contributed by atoms with Crippen molar-refractivity contribution in [1.82, 2.24) is 4.90 Å². The van der Waals surface area contributed by atoms with Gasteiger partial charge in [0.15, 0.2) is 6.61 Å². The predicted molar refractivity (Wildman–Crippen MR) is 72.7 cm³/mol. The van der Waals surface area contributed by atoms with Gasteiger partial charge in [-0.25, -0.2) is 0 Å². The Labute approximate surface area is 117 Å². The Balaban J connectivity index is 2.38. The van der Waals surface area contributed by atoms with Crippen LogP contribution in [-0.2, 0) is 9.53 Å². The van der Waals surface area contributed by atoms with Gasteiger partial charge in [0.05, 0.1) is 4.92 Å². The van der Waals surface area contributed by atoms with Crippen LogP contribution in [0, 0.1) is 10.1 Å². The summed E-state index contributed by atoms with van der Waals surface area (Å²) in [5, 5.41) is 10.5. The summed E-state index contributed by atoms with van der Waals surface area (Å²) in [7, 11) is 3.30. The lowest BCUT2D eigenvalue weighted by Gasteiger charge is -2.17. The molecule has 0 atom stereocenters. The smallest absolute Gasteiger partial charge is 0.269 e. The van der Waals surface area contributed by atoms with E-state index in [1.807, 2.05) is 0 Å². The van der Waals surface area contributed by atoms with Crippen LogP contribution >= 0.6 is 0 Å². The van der Waals surface area contributed by atoms with Crippen molar-refractivity contribution >= 4 is 11.6 Å². The molecule has 1 rings (SSSR count). The number of methoxy groups -OCH3 is 1. The first-order valence-electron chi connectivity index (χ1n) is 6.14. The van der Waals surface area contributed by atoms with E-state index in [4.69, 9.17) is 9.47 Å². The minimum atomic E-state index is -0.488. The molecule has 0 aliphatic carbocycles. The van der Waals surface area contributed by atoms with Crippen LogP contribution in [0.3, 0.4) is 0 Å². The quantitative estimate of drug-likeness (QED) is 0.409. The number of nitro groups is 1. The maximum absolute atomic E-state index is 11.7. The van der Waals surface area contributed by atoms with Gasteiger partial charge < -0.3 is 14.4 Å². The summed E-state index contributed by atoms with van der Waals surface area (Å²) in [6.07, 6.45) is 0.760. The largest absolute Gasteiger partial charge is 0.484 e. The van der Waals surface area contributed by atoms with Gasteiger partial charge in [-0.1, -0.05) is 0 Å². The molecule has 20 heavy (non-hydrogen) atoms. The third kappa shape index (κ3) is 5.23. The number of nitro benzene ring substituents is 1. The van der Waals surface area contributed by atoms with Gasteiger partial charge in [0, 0.05) is 39.4 Å². The van der Waals surface area contributed by atoms with Gasteiger partial charge in [0.2, 0.25) is 0 Å². The highest BCUT2D eigenvalue weighted by Crippen LogP contribution is 2.17. The van der Waals surface area contributed by atoms with Crippen LogP contribution in [0.15, 0.2) is 24.3 Å². The third-order valence-electron chi connectivity index (χ3n) is 2.68. The van der Waals surface area contributed by atoms with Crippen LogP contribution in [0.2, 0.25) is 0 Å². The number of benzene rings is 1. The van der Waals surface area contributed by atoms with Gasteiger partial charge in [0.1, 0.15) is 5.75 Å². The molecule has 0 saturated carbocycles. The summed E-state index contributed by atoms with van der Waals surface area (Å²) in [6.45, 7) is 1.10. The van der Waals surface area contributed by atoms with E-state index >= 15 is 0 Å².